The van der Waals surface area contributed by atoms with E-state index < -0.39 is 23.7 Å². The number of rotatable bonds is 2. The molecule has 1 aromatic heterocycles. The summed E-state index contributed by atoms with van der Waals surface area (Å²) in [6.45, 7) is 0. The van der Waals surface area contributed by atoms with E-state index >= 15 is 0 Å². The van der Waals surface area contributed by atoms with Crippen molar-refractivity contribution >= 4 is 33.5 Å². The van der Waals surface area contributed by atoms with Gasteiger partial charge in [0.15, 0.2) is 5.69 Å². The van der Waals surface area contributed by atoms with Crippen LogP contribution in [0.2, 0.25) is 5.02 Å². The minimum Gasteiger partial charge on any atom is -0.476 e. The van der Waals surface area contributed by atoms with Crippen LogP contribution in [-0.4, -0.2) is 16.1 Å². The highest BCUT2D eigenvalue weighted by molar-refractivity contribution is 9.10. The Morgan fingerprint density at radius 3 is 2.64 bits per heavy atom. The summed E-state index contributed by atoms with van der Waals surface area (Å²) >= 11 is 8.16. The Kier molecular flexibility index (Phi) is 3.38. The number of carbonyl (C=O) groups is 1. The zero-order chi connectivity index (χ0) is 10.9. The van der Waals surface area contributed by atoms with E-state index in [0.29, 0.717) is 0 Å². The zero-order valence-corrected chi connectivity index (χ0v) is 8.81. The van der Waals surface area contributed by atoms with Gasteiger partial charge in [-0.15, -0.1) is 0 Å². The van der Waals surface area contributed by atoms with Crippen molar-refractivity contribution in [1.82, 2.24) is 4.98 Å². The van der Waals surface area contributed by atoms with Gasteiger partial charge in [0, 0.05) is 6.20 Å². The topological polar surface area (TPSA) is 50.2 Å². The fourth-order valence-electron chi connectivity index (χ4n) is 0.829. The largest absolute Gasteiger partial charge is 0.476 e. The third-order valence-electron chi connectivity index (χ3n) is 1.43. The van der Waals surface area contributed by atoms with E-state index in [1.54, 1.807) is 0 Å². The van der Waals surface area contributed by atoms with Crippen molar-refractivity contribution in [2.75, 3.05) is 0 Å². The van der Waals surface area contributed by atoms with Gasteiger partial charge in [-0.25, -0.2) is 18.6 Å². The summed E-state index contributed by atoms with van der Waals surface area (Å²) in [5.41, 5.74) is -1.04. The predicted octanol–water partition coefficient (Wildman–Crippen LogP) is 3.13. The molecule has 0 aliphatic heterocycles. The van der Waals surface area contributed by atoms with E-state index in [1.165, 1.54) is 0 Å². The van der Waals surface area contributed by atoms with Gasteiger partial charge in [0.2, 0.25) is 0 Å². The van der Waals surface area contributed by atoms with Crippen molar-refractivity contribution in [3.63, 3.8) is 0 Å². The molecule has 3 nitrogen and oxygen atoms in total. The Hall–Kier alpha value is -0.750. The standard InChI is InChI=1S/C7H3BrClF2NO2/c8-4-3(6(10)11)2(9)1-12-5(4)7(13)14/h1,6H,(H,13,14). The number of aromatic nitrogens is 1. The first-order valence-corrected chi connectivity index (χ1v) is 4.47. The van der Waals surface area contributed by atoms with Gasteiger partial charge in [-0.05, 0) is 15.9 Å². The highest BCUT2D eigenvalue weighted by Gasteiger charge is 2.22. The van der Waals surface area contributed by atoms with Gasteiger partial charge >= 0.3 is 5.97 Å². The van der Waals surface area contributed by atoms with Gasteiger partial charge in [-0.1, -0.05) is 11.6 Å². The summed E-state index contributed by atoms with van der Waals surface area (Å²) in [5.74, 6) is -1.39. The molecule has 14 heavy (non-hydrogen) atoms. The van der Waals surface area contributed by atoms with Crippen molar-refractivity contribution in [1.29, 1.82) is 0 Å². The fourth-order valence-corrected chi connectivity index (χ4v) is 1.83. The van der Waals surface area contributed by atoms with Gasteiger partial charge in [0.05, 0.1) is 15.1 Å². The molecule has 7 heteroatoms. The average Bonchev–Trinajstić information content (AvgIpc) is 2.02. The maximum Gasteiger partial charge on any atom is 0.355 e. The fraction of sp³-hybridized carbons (Fsp3) is 0.143. The summed E-state index contributed by atoms with van der Waals surface area (Å²) in [5, 5.41) is 8.32. The van der Waals surface area contributed by atoms with E-state index in [4.69, 9.17) is 16.7 Å². The van der Waals surface area contributed by atoms with Crippen LogP contribution in [0.4, 0.5) is 8.78 Å². The van der Waals surface area contributed by atoms with Crippen molar-refractivity contribution in [3.05, 3.63) is 26.9 Å². The second kappa shape index (κ2) is 4.18. The molecule has 0 spiro atoms. The number of nitrogens with zero attached hydrogens (tertiary/aromatic N) is 1. The molecule has 1 aromatic rings. The maximum atomic E-state index is 12.4. The highest BCUT2D eigenvalue weighted by Crippen LogP contribution is 2.34. The summed E-state index contributed by atoms with van der Waals surface area (Å²) in [6, 6.07) is 0. The molecule has 0 aliphatic carbocycles. The Balaban J connectivity index is 3.41. The lowest BCUT2D eigenvalue weighted by molar-refractivity contribution is 0.0688. The van der Waals surface area contributed by atoms with Crippen molar-refractivity contribution in [3.8, 4) is 0 Å². The number of hydrogen-bond acceptors (Lipinski definition) is 2. The Morgan fingerprint density at radius 1 is 1.64 bits per heavy atom. The summed E-state index contributed by atoms with van der Waals surface area (Å²) in [6.07, 6.45) is -1.96. The third kappa shape index (κ3) is 2.01. The van der Waals surface area contributed by atoms with Crippen molar-refractivity contribution in [2.24, 2.45) is 0 Å². The van der Waals surface area contributed by atoms with Gasteiger partial charge in [0.25, 0.3) is 6.43 Å². The van der Waals surface area contributed by atoms with Crippen LogP contribution in [0.1, 0.15) is 22.5 Å². The van der Waals surface area contributed by atoms with Gasteiger partial charge < -0.3 is 5.11 Å². The van der Waals surface area contributed by atoms with Crippen LogP contribution in [0.5, 0.6) is 0 Å². The van der Waals surface area contributed by atoms with Crippen LogP contribution < -0.4 is 0 Å². The molecular weight excluding hydrogens is 283 g/mol. The molecule has 0 saturated carbocycles. The maximum absolute atomic E-state index is 12.4. The molecule has 0 amide bonds. The van der Waals surface area contributed by atoms with Crippen LogP contribution in [0, 0.1) is 0 Å². The van der Waals surface area contributed by atoms with Crippen LogP contribution in [0.25, 0.3) is 0 Å². The first-order chi connectivity index (χ1) is 6.45. The van der Waals surface area contributed by atoms with Gasteiger partial charge in [0.1, 0.15) is 0 Å². The van der Waals surface area contributed by atoms with Gasteiger partial charge in [-0.2, -0.15) is 0 Å². The molecule has 0 fully saturated rings. The number of aromatic carboxylic acids is 1. The smallest absolute Gasteiger partial charge is 0.355 e. The molecule has 0 radical (unpaired) electrons. The molecule has 0 bridgehead atoms. The molecular formula is C7H3BrClF2NO2. The Bertz CT molecular complexity index is 386. The van der Waals surface area contributed by atoms with E-state index in [9.17, 15) is 13.6 Å². The normalized spacial score (nSPS) is 10.6. The third-order valence-corrected chi connectivity index (χ3v) is 2.53. The molecule has 1 heterocycles. The van der Waals surface area contributed by atoms with E-state index in [0.717, 1.165) is 6.20 Å². The Labute approximate surface area is 90.8 Å². The number of pyridine rings is 1. The first-order valence-electron chi connectivity index (χ1n) is 3.30. The predicted molar refractivity (Wildman–Crippen MR) is 48.9 cm³/mol. The van der Waals surface area contributed by atoms with Gasteiger partial charge in [-0.3, -0.25) is 0 Å². The van der Waals surface area contributed by atoms with E-state index in [-0.39, 0.29) is 9.50 Å². The number of alkyl halides is 2. The number of halogens is 4. The molecule has 0 unspecified atom stereocenters. The lowest BCUT2D eigenvalue weighted by Crippen LogP contribution is -2.04. The Morgan fingerprint density at radius 2 is 2.21 bits per heavy atom. The quantitative estimate of drug-likeness (QED) is 0.908. The van der Waals surface area contributed by atoms with Crippen LogP contribution >= 0.6 is 27.5 Å². The van der Waals surface area contributed by atoms with Crippen LogP contribution in [-0.2, 0) is 0 Å². The molecule has 1 rings (SSSR count). The molecule has 0 saturated heterocycles. The summed E-state index contributed by atoms with van der Waals surface area (Å²) in [4.78, 5) is 13.9. The summed E-state index contributed by atoms with van der Waals surface area (Å²) in [7, 11) is 0. The van der Waals surface area contributed by atoms with E-state index in [1.807, 2.05) is 0 Å². The van der Waals surface area contributed by atoms with E-state index in [2.05, 4.69) is 20.9 Å². The molecule has 1 N–H and O–H groups in total. The lowest BCUT2D eigenvalue weighted by atomic mass is 10.2. The second-order valence-corrected chi connectivity index (χ2v) is 3.49. The number of hydrogen-bond donors (Lipinski definition) is 1. The molecule has 0 atom stereocenters. The zero-order valence-electron chi connectivity index (χ0n) is 6.47. The molecule has 0 aliphatic rings. The molecule has 0 aromatic carbocycles. The van der Waals surface area contributed by atoms with Crippen molar-refractivity contribution in [2.45, 2.75) is 6.43 Å². The number of carboxylic acids is 1. The van der Waals surface area contributed by atoms with Crippen LogP contribution in [0.15, 0.2) is 10.7 Å². The minimum absolute atomic E-state index is 0.267. The summed E-state index contributed by atoms with van der Waals surface area (Å²) < 4.78 is 24.5. The van der Waals surface area contributed by atoms with Crippen molar-refractivity contribution < 1.29 is 18.7 Å². The first kappa shape index (κ1) is 11.3. The van der Waals surface area contributed by atoms with Crippen LogP contribution in [0.3, 0.4) is 0 Å². The highest BCUT2D eigenvalue weighted by atomic mass is 79.9. The monoisotopic (exact) mass is 285 g/mol. The average molecular weight is 286 g/mol. The number of carboxylic acid groups (broad SMARTS) is 1. The minimum atomic E-state index is -2.85. The second-order valence-electron chi connectivity index (χ2n) is 2.29. The lowest BCUT2D eigenvalue weighted by Gasteiger charge is -2.07. The molecule has 76 valence electrons. The SMILES string of the molecule is O=C(O)c1ncc(Cl)c(C(F)F)c1Br.